The summed E-state index contributed by atoms with van der Waals surface area (Å²) >= 11 is 0. The molecule has 1 atom stereocenters. The number of nitrogens with one attached hydrogen (secondary N) is 1. The number of likely N-dealkylation sites (tertiary alicyclic amines) is 2. The highest BCUT2D eigenvalue weighted by atomic mass is 16.2. The van der Waals surface area contributed by atoms with Crippen LogP contribution in [0.25, 0.3) is 0 Å². The molecule has 0 aromatic heterocycles. The minimum Gasteiger partial charge on any atom is -0.340 e. The standard InChI is InChI=1S/C21H36N4O3/c1-5-16(6-2)18(26)24-11-7-8-17(14-24)25-19(27)21(22-20(25)28)9-12-23(13-10-21)15(3)4/h15-17H,5-14H2,1-4H3,(H,22,28)/t17-/m0/s1. The fourth-order valence-electron chi connectivity index (χ4n) is 5.00. The van der Waals surface area contributed by atoms with Crippen LogP contribution in [0.2, 0.25) is 0 Å². The van der Waals surface area contributed by atoms with E-state index in [1.54, 1.807) is 0 Å². The van der Waals surface area contributed by atoms with Gasteiger partial charge in [0.05, 0.1) is 6.04 Å². The minimum atomic E-state index is -0.746. The third kappa shape index (κ3) is 3.78. The molecule has 3 aliphatic rings. The van der Waals surface area contributed by atoms with Crippen molar-refractivity contribution in [2.45, 2.75) is 83.8 Å². The molecule has 0 aromatic carbocycles. The molecule has 1 N–H and O–H groups in total. The van der Waals surface area contributed by atoms with E-state index in [4.69, 9.17) is 0 Å². The second-order valence-corrected chi connectivity index (χ2v) is 8.91. The third-order valence-electron chi connectivity index (χ3n) is 6.98. The van der Waals surface area contributed by atoms with Crippen molar-refractivity contribution in [3.63, 3.8) is 0 Å². The average molecular weight is 393 g/mol. The maximum Gasteiger partial charge on any atom is 0.325 e. The Balaban J connectivity index is 1.69. The zero-order valence-corrected chi connectivity index (χ0v) is 17.9. The van der Waals surface area contributed by atoms with E-state index < -0.39 is 5.54 Å². The van der Waals surface area contributed by atoms with E-state index in [2.05, 4.69) is 24.1 Å². The number of piperidine rings is 2. The van der Waals surface area contributed by atoms with Gasteiger partial charge in [-0.15, -0.1) is 0 Å². The molecular formula is C21H36N4O3. The van der Waals surface area contributed by atoms with E-state index in [1.165, 1.54) is 4.90 Å². The Bertz CT molecular complexity index is 609. The molecule has 3 saturated heterocycles. The molecular weight excluding hydrogens is 356 g/mol. The molecule has 158 valence electrons. The van der Waals surface area contributed by atoms with Crippen molar-refractivity contribution in [2.24, 2.45) is 5.92 Å². The van der Waals surface area contributed by atoms with E-state index in [-0.39, 0.29) is 29.8 Å². The number of nitrogens with zero attached hydrogens (tertiary/aromatic N) is 3. The first-order valence-electron chi connectivity index (χ1n) is 11.0. The Kier molecular flexibility index (Phi) is 6.32. The van der Waals surface area contributed by atoms with Gasteiger partial charge in [0, 0.05) is 38.1 Å². The van der Waals surface area contributed by atoms with Crippen molar-refractivity contribution in [3.05, 3.63) is 0 Å². The van der Waals surface area contributed by atoms with Crippen molar-refractivity contribution in [1.29, 1.82) is 0 Å². The molecule has 0 bridgehead atoms. The van der Waals surface area contributed by atoms with Gasteiger partial charge in [-0.05, 0) is 52.4 Å². The van der Waals surface area contributed by atoms with Gasteiger partial charge in [0.1, 0.15) is 5.54 Å². The van der Waals surface area contributed by atoms with Crippen molar-refractivity contribution in [3.8, 4) is 0 Å². The molecule has 0 aliphatic carbocycles. The summed E-state index contributed by atoms with van der Waals surface area (Å²) in [7, 11) is 0. The van der Waals surface area contributed by atoms with Crippen LogP contribution in [-0.2, 0) is 9.59 Å². The van der Waals surface area contributed by atoms with Gasteiger partial charge >= 0.3 is 6.03 Å². The Morgan fingerprint density at radius 1 is 1.14 bits per heavy atom. The summed E-state index contributed by atoms with van der Waals surface area (Å²) in [5.74, 6) is 0.123. The average Bonchev–Trinajstić information content (AvgIpc) is 2.92. The van der Waals surface area contributed by atoms with Crippen molar-refractivity contribution in [1.82, 2.24) is 20.0 Å². The second-order valence-electron chi connectivity index (χ2n) is 8.91. The van der Waals surface area contributed by atoms with Crippen LogP contribution < -0.4 is 5.32 Å². The number of carbonyl (C=O) groups excluding carboxylic acids is 3. The van der Waals surface area contributed by atoms with Crippen molar-refractivity contribution < 1.29 is 14.4 Å². The van der Waals surface area contributed by atoms with Gasteiger partial charge in [0.25, 0.3) is 5.91 Å². The van der Waals surface area contributed by atoms with Crippen LogP contribution in [0.15, 0.2) is 0 Å². The molecule has 0 unspecified atom stereocenters. The largest absolute Gasteiger partial charge is 0.340 e. The van der Waals surface area contributed by atoms with E-state index in [1.807, 2.05) is 18.7 Å². The molecule has 3 aliphatic heterocycles. The van der Waals surface area contributed by atoms with Gasteiger partial charge in [-0.2, -0.15) is 0 Å². The first-order chi connectivity index (χ1) is 13.3. The normalized spacial score (nSPS) is 25.9. The van der Waals surface area contributed by atoms with Crippen LogP contribution in [0, 0.1) is 5.92 Å². The van der Waals surface area contributed by atoms with Crippen LogP contribution in [0.3, 0.4) is 0 Å². The number of hydrogen-bond acceptors (Lipinski definition) is 4. The number of imide groups is 1. The van der Waals surface area contributed by atoms with Gasteiger partial charge in [-0.1, -0.05) is 13.8 Å². The quantitative estimate of drug-likeness (QED) is 0.728. The first-order valence-corrected chi connectivity index (χ1v) is 11.0. The molecule has 0 saturated carbocycles. The van der Waals surface area contributed by atoms with E-state index in [0.717, 1.165) is 45.3 Å². The topological polar surface area (TPSA) is 73.0 Å². The predicted octanol–water partition coefficient (Wildman–Crippen LogP) is 2.21. The third-order valence-corrected chi connectivity index (χ3v) is 6.98. The van der Waals surface area contributed by atoms with E-state index >= 15 is 0 Å². The monoisotopic (exact) mass is 392 g/mol. The summed E-state index contributed by atoms with van der Waals surface area (Å²) in [6.07, 6.45) is 4.59. The highest BCUT2D eigenvalue weighted by molar-refractivity contribution is 6.07. The number of urea groups is 1. The molecule has 7 heteroatoms. The van der Waals surface area contributed by atoms with Crippen molar-refractivity contribution >= 4 is 17.8 Å². The lowest BCUT2D eigenvalue weighted by molar-refractivity contribution is -0.141. The molecule has 28 heavy (non-hydrogen) atoms. The summed E-state index contributed by atoms with van der Waals surface area (Å²) in [6.45, 7) is 11.2. The van der Waals surface area contributed by atoms with Crippen molar-refractivity contribution in [2.75, 3.05) is 26.2 Å². The molecule has 7 nitrogen and oxygen atoms in total. The highest BCUT2D eigenvalue weighted by Gasteiger charge is 2.54. The van der Waals surface area contributed by atoms with Gasteiger partial charge < -0.3 is 15.1 Å². The molecule has 0 radical (unpaired) electrons. The Morgan fingerprint density at radius 3 is 2.36 bits per heavy atom. The molecule has 4 amide bonds. The number of carbonyl (C=O) groups is 3. The summed E-state index contributed by atoms with van der Waals surface area (Å²) < 4.78 is 0. The van der Waals surface area contributed by atoms with Crippen LogP contribution in [0.4, 0.5) is 4.79 Å². The van der Waals surface area contributed by atoms with Gasteiger partial charge in [0.15, 0.2) is 0 Å². The van der Waals surface area contributed by atoms with E-state index in [9.17, 15) is 14.4 Å². The van der Waals surface area contributed by atoms with Crippen LogP contribution in [0.1, 0.15) is 66.2 Å². The van der Waals surface area contributed by atoms with Crippen LogP contribution >= 0.6 is 0 Å². The SMILES string of the molecule is CCC(CC)C(=O)N1CCC[C@H](N2C(=O)NC3(CCN(C(C)C)CC3)C2=O)C1. The summed E-state index contributed by atoms with van der Waals surface area (Å²) in [5.41, 5.74) is -0.746. The smallest absolute Gasteiger partial charge is 0.325 e. The van der Waals surface area contributed by atoms with Gasteiger partial charge in [-0.3, -0.25) is 14.5 Å². The molecule has 1 spiro atoms. The molecule has 0 aromatic rings. The summed E-state index contributed by atoms with van der Waals surface area (Å²) in [5, 5.41) is 3.02. The zero-order chi connectivity index (χ0) is 20.5. The zero-order valence-electron chi connectivity index (χ0n) is 17.9. The number of rotatable bonds is 5. The molecule has 3 heterocycles. The predicted molar refractivity (Wildman–Crippen MR) is 108 cm³/mol. The summed E-state index contributed by atoms with van der Waals surface area (Å²) in [6, 6.07) is -0.0319. The second kappa shape index (κ2) is 8.39. The molecule has 3 fully saturated rings. The fourth-order valence-corrected chi connectivity index (χ4v) is 5.00. The van der Waals surface area contributed by atoms with Crippen LogP contribution in [-0.4, -0.2) is 76.3 Å². The number of amides is 4. The lowest BCUT2D eigenvalue weighted by atomic mass is 9.86. The Labute approximate surface area is 168 Å². The highest BCUT2D eigenvalue weighted by Crippen LogP contribution is 2.33. The van der Waals surface area contributed by atoms with Crippen LogP contribution in [0.5, 0.6) is 0 Å². The van der Waals surface area contributed by atoms with Gasteiger partial charge in [0.2, 0.25) is 5.91 Å². The first kappa shape index (κ1) is 21.1. The molecule has 3 rings (SSSR count). The van der Waals surface area contributed by atoms with E-state index in [0.29, 0.717) is 25.4 Å². The minimum absolute atomic E-state index is 0.0357. The maximum atomic E-state index is 13.3. The summed E-state index contributed by atoms with van der Waals surface area (Å²) in [4.78, 5) is 44.5. The van der Waals surface area contributed by atoms with Gasteiger partial charge in [-0.25, -0.2) is 4.79 Å². The fraction of sp³-hybridized carbons (Fsp3) is 0.857. The number of hydrogen-bond donors (Lipinski definition) is 1. The Hall–Kier alpha value is -1.63. The Morgan fingerprint density at radius 2 is 1.79 bits per heavy atom. The maximum absolute atomic E-state index is 13.3. The lowest BCUT2D eigenvalue weighted by Gasteiger charge is -2.40. The lowest BCUT2D eigenvalue weighted by Crippen LogP contribution is -2.57.